The van der Waals surface area contributed by atoms with Gasteiger partial charge < -0.3 is 29.2 Å². The highest BCUT2D eigenvalue weighted by atomic mass is 16.5. The van der Waals surface area contributed by atoms with Crippen LogP contribution in [0.5, 0.6) is 23.0 Å². The van der Waals surface area contributed by atoms with Crippen molar-refractivity contribution in [1.29, 1.82) is 0 Å². The van der Waals surface area contributed by atoms with Crippen LogP contribution in [0.2, 0.25) is 0 Å². The number of hydrogen-bond donors (Lipinski definition) is 2. The van der Waals surface area contributed by atoms with Gasteiger partial charge in [-0.1, -0.05) is 0 Å². The van der Waals surface area contributed by atoms with E-state index in [1.807, 2.05) is 24.3 Å². The Morgan fingerprint density at radius 3 is 1.93 bits per heavy atom. The predicted octanol–water partition coefficient (Wildman–Crippen LogP) is 1.34. The maximum atomic E-state index is 12.7. The molecule has 1 atom stereocenters. The van der Waals surface area contributed by atoms with Crippen LogP contribution in [0, 0.1) is 0 Å². The van der Waals surface area contributed by atoms with Crippen LogP contribution in [-0.4, -0.2) is 55.0 Å². The summed E-state index contributed by atoms with van der Waals surface area (Å²) in [6.07, 6.45) is 0. The second-order valence-electron chi connectivity index (χ2n) is 6.53. The molecule has 2 N–H and O–H groups in total. The first-order valence-corrected chi connectivity index (χ1v) is 8.97. The van der Waals surface area contributed by atoms with Crippen LogP contribution in [0.1, 0.15) is 22.0 Å². The van der Waals surface area contributed by atoms with E-state index in [-0.39, 0.29) is 11.9 Å². The minimum absolute atomic E-state index is 0.0943. The van der Waals surface area contributed by atoms with E-state index < -0.39 is 0 Å². The van der Waals surface area contributed by atoms with E-state index in [2.05, 4.69) is 19.4 Å². The first kappa shape index (κ1) is 21.4. The van der Waals surface area contributed by atoms with Gasteiger partial charge in [0, 0.05) is 11.1 Å². The maximum Gasteiger partial charge on any atom is 0.251 e. The second kappa shape index (κ2) is 9.85. The van der Waals surface area contributed by atoms with Crippen molar-refractivity contribution in [1.82, 2.24) is 5.32 Å². The van der Waals surface area contributed by atoms with Gasteiger partial charge in [-0.15, -0.1) is 0 Å². The van der Waals surface area contributed by atoms with Crippen LogP contribution in [0.15, 0.2) is 36.4 Å². The number of rotatable bonds is 9. The van der Waals surface area contributed by atoms with Crippen molar-refractivity contribution in [3.63, 3.8) is 0 Å². The Balaban J connectivity index is 2.18. The van der Waals surface area contributed by atoms with E-state index in [0.29, 0.717) is 29.4 Å². The van der Waals surface area contributed by atoms with E-state index in [0.717, 1.165) is 11.3 Å². The fourth-order valence-corrected chi connectivity index (χ4v) is 3.00. The number of nitrogens with one attached hydrogen (secondary N) is 2. The zero-order valence-corrected chi connectivity index (χ0v) is 17.3. The summed E-state index contributed by atoms with van der Waals surface area (Å²) in [5.74, 6) is 1.93. The molecule has 2 rings (SSSR count). The van der Waals surface area contributed by atoms with Gasteiger partial charge in [-0.3, -0.25) is 4.79 Å². The standard InChI is InChI=1S/C21H28N2O5/c1-23(2)17(14-7-9-16(25-3)10-8-14)13-22-21(24)15-11-18(26-4)20(28-6)19(12-15)27-5/h7-12,17H,13H2,1-6H3,(H,22,24)/p+1/t17-/m0/s1. The Labute approximate surface area is 166 Å². The Hall–Kier alpha value is -2.93. The van der Waals surface area contributed by atoms with Crippen molar-refractivity contribution in [2.45, 2.75) is 6.04 Å². The number of carbonyl (C=O) groups is 1. The summed E-state index contributed by atoms with van der Waals surface area (Å²) in [6, 6.07) is 11.3. The highest BCUT2D eigenvalue weighted by Gasteiger charge is 2.21. The third kappa shape index (κ3) is 4.86. The third-order valence-electron chi connectivity index (χ3n) is 4.61. The molecule has 0 aromatic heterocycles. The summed E-state index contributed by atoms with van der Waals surface area (Å²) in [4.78, 5) is 14.0. The topological polar surface area (TPSA) is 70.5 Å². The van der Waals surface area contributed by atoms with Gasteiger partial charge in [0.15, 0.2) is 11.5 Å². The number of methoxy groups -OCH3 is 4. The van der Waals surface area contributed by atoms with Gasteiger partial charge in [-0.2, -0.15) is 0 Å². The van der Waals surface area contributed by atoms with Crippen molar-refractivity contribution in [2.24, 2.45) is 0 Å². The van der Waals surface area contributed by atoms with Gasteiger partial charge in [0.1, 0.15) is 11.8 Å². The van der Waals surface area contributed by atoms with E-state index >= 15 is 0 Å². The number of amides is 1. The number of likely N-dealkylation sites (N-methyl/N-ethyl adjacent to an activating group) is 1. The third-order valence-corrected chi connectivity index (χ3v) is 4.61. The van der Waals surface area contributed by atoms with E-state index in [4.69, 9.17) is 18.9 Å². The lowest BCUT2D eigenvalue weighted by molar-refractivity contribution is -0.890. The Morgan fingerprint density at radius 2 is 1.50 bits per heavy atom. The Morgan fingerprint density at radius 1 is 0.929 bits per heavy atom. The Bertz CT molecular complexity index is 765. The van der Waals surface area contributed by atoms with Crippen LogP contribution >= 0.6 is 0 Å². The van der Waals surface area contributed by atoms with Crippen LogP contribution in [-0.2, 0) is 0 Å². The average Bonchev–Trinajstić information content (AvgIpc) is 2.72. The zero-order valence-electron chi connectivity index (χ0n) is 17.3. The number of ether oxygens (including phenoxy) is 4. The summed E-state index contributed by atoms with van der Waals surface area (Å²) in [6.45, 7) is 0.476. The molecule has 2 aromatic carbocycles. The first-order valence-electron chi connectivity index (χ1n) is 8.97. The molecule has 0 aliphatic rings. The largest absolute Gasteiger partial charge is 0.497 e. The fourth-order valence-electron chi connectivity index (χ4n) is 3.00. The quantitative estimate of drug-likeness (QED) is 0.677. The van der Waals surface area contributed by atoms with Crippen molar-refractivity contribution in [2.75, 3.05) is 49.1 Å². The lowest BCUT2D eigenvalue weighted by Gasteiger charge is -2.22. The monoisotopic (exact) mass is 389 g/mol. The Kier molecular flexibility index (Phi) is 7.52. The highest BCUT2D eigenvalue weighted by molar-refractivity contribution is 5.95. The van der Waals surface area contributed by atoms with E-state index in [9.17, 15) is 4.79 Å². The van der Waals surface area contributed by atoms with Crippen molar-refractivity contribution >= 4 is 5.91 Å². The molecule has 0 saturated carbocycles. The average molecular weight is 389 g/mol. The molecule has 0 aliphatic carbocycles. The summed E-state index contributed by atoms with van der Waals surface area (Å²) < 4.78 is 21.2. The fraction of sp³-hybridized carbons (Fsp3) is 0.381. The van der Waals surface area contributed by atoms with Crippen molar-refractivity contribution in [3.05, 3.63) is 47.5 Å². The van der Waals surface area contributed by atoms with E-state index in [1.165, 1.54) is 26.2 Å². The van der Waals surface area contributed by atoms with Gasteiger partial charge in [-0.25, -0.2) is 0 Å². The summed E-state index contributed by atoms with van der Waals surface area (Å²) in [7, 11) is 10.3. The molecule has 0 aliphatic heterocycles. The van der Waals surface area contributed by atoms with Gasteiger partial charge in [-0.05, 0) is 36.4 Å². The molecule has 7 heteroatoms. The molecule has 0 fully saturated rings. The molecule has 1 amide bonds. The molecular formula is C21H29N2O5+. The summed E-state index contributed by atoms with van der Waals surface area (Å²) >= 11 is 0. The smallest absolute Gasteiger partial charge is 0.251 e. The van der Waals surface area contributed by atoms with Crippen LogP contribution < -0.4 is 29.2 Å². The van der Waals surface area contributed by atoms with Gasteiger partial charge >= 0.3 is 0 Å². The molecule has 0 radical (unpaired) electrons. The number of quaternary nitrogens is 1. The van der Waals surface area contributed by atoms with E-state index in [1.54, 1.807) is 19.2 Å². The summed E-state index contributed by atoms with van der Waals surface area (Å²) in [5, 5.41) is 3.00. The van der Waals surface area contributed by atoms with Crippen LogP contribution in [0.25, 0.3) is 0 Å². The number of hydrogen-bond acceptors (Lipinski definition) is 5. The van der Waals surface area contributed by atoms with Crippen LogP contribution in [0.3, 0.4) is 0 Å². The molecule has 0 spiro atoms. The lowest BCUT2D eigenvalue weighted by Crippen LogP contribution is -3.07. The van der Waals surface area contributed by atoms with Gasteiger partial charge in [0.05, 0.1) is 49.1 Å². The minimum Gasteiger partial charge on any atom is -0.497 e. The molecule has 7 nitrogen and oxygen atoms in total. The SMILES string of the molecule is COc1ccc([C@H](CNC(=O)c2cc(OC)c(OC)c(OC)c2)[NH+](C)C)cc1. The van der Waals surface area contributed by atoms with Gasteiger partial charge in [0.2, 0.25) is 5.75 Å². The zero-order chi connectivity index (χ0) is 20.7. The first-order chi connectivity index (χ1) is 13.4. The highest BCUT2D eigenvalue weighted by Crippen LogP contribution is 2.38. The lowest BCUT2D eigenvalue weighted by atomic mass is 10.1. The van der Waals surface area contributed by atoms with Crippen molar-refractivity contribution < 1.29 is 28.6 Å². The van der Waals surface area contributed by atoms with Gasteiger partial charge in [0.25, 0.3) is 5.91 Å². The molecule has 0 saturated heterocycles. The molecule has 0 heterocycles. The molecule has 2 aromatic rings. The van der Waals surface area contributed by atoms with Crippen molar-refractivity contribution in [3.8, 4) is 23.0 Å². The summed E-state index contributed by atoms with van der Waals surface area (Å²) in [5.41, 5.74) is 1.56. The molecule has 28 heavy (non-hydrogen) atoms. The molecule has 152 valence electrons. The molecule has 0 unspecified atom stereocenters. The maximum absolute atomic E-state index is 12.7. The molecular weight excluding hydrogens is 360 g/mol. The minimum atomic E-state index is -0.209. The predicted molar refractivity (Wildman–Crippen MR) is 107 cm³/mol. The number of benzene rings is 2. The second-order valence-corrected chi connectivity index (χ2v) is 6.53. The van der Waals surface area contributed by atoms with Crippen LogP contribution in [0.4, 0.5) is 0 Å². The normalized spacial score (nSPS) is 11.7. The number of carbonyl (C=O) groups excluding carboxylic acids is 1. The molecule has 0 bridgehead atoms.